The fourth-order valence-corrected chi connectivity index (χ4v) is 1.96. The number of nitrogens with one attached hydrogen (secondary N) is 1. The summed E-state index contributed by atoms with van der Waals surface area (Å²) in [5.74, 6) is -0.312. The zero-order valence-electron chi connectivity index (χ0n) is 11.3. The number of rotatable bonds is 6. The second-order valence-electron chi connectivity index (χ2n) is 4.32. The van der Waals surface area contributed by atoms with Crippen molar-refractivity contribution >= 4 is 5.91 Å². The van der Waals surface area contributed by atoms with Gasteiger partial charge in [0.2, 0.25) is 5.91 Å². The molecule has 1 aromatic carbocycles. The molecule has 112 valence electrons. The van der Waals surface area contributed by atoms with E-state index >= 15 is 0 Å². The molecule has 1 amide bonds. The summed E-state index contributed by atoms with van der Waals surface area (Å²) >= 11 is 0. The quantitative estimate of drug-likeness (QED) is 0.841. The number of halogens is 3. The van der Waals surface area contributed by atoms with E-state index in [1.54, 1.807) is 19.1 Å². The third-order valence-electron chi connectivity index (χ3n) is 3.12. The van der Waals surface area contributed by atoms with Crippen molar-refractivity contribution in [3.8, 4) is 5.75 Å². The number of hydrogen-bond acceptors (Lipinski definition) is 3. The van der Waals surface area contributed by atoms with Gasteiger partial charge in [-0.15, -0.1) is 0 Å². The van der Waals surface area contributed by atoms with E-state index in [2.05, 4.69) is 5.32 Å². The summed E-state index contributed by atoms with van der Waals surface area (Å²) in [5, 5.41) is 2.24. The number of alkyl halides is 3. The lowest BCUT2D eigenvalue weighted by atomic mass is 9.86. The predicted molar refractivity (Wildman–Crippen MR) is 68.2 cm³/mol. The first-order valence-corrected chi connectivity index (χ1v) is 6.01. The van der Waals surface area contributed by atoms with Gasteiger partial charge in [-0.3, -0.25) is 10.1 Å². The third-order valence-corrected chi connectivity index (χ3v) is 3.12. The number of ether oxygens (including phenoxy) is 1. The number of methoxy groups -OCH3 is 1. The molecule has 1 unspecified atom stereocenters. The smallest absolute Gasteiger partial charge is 0.401 e. The van der Waals surface area contributed by atoms with E-state index in [1.165, 1.54) is 19.2 Å². The summed E-state index contributed by atoms with van der Waals surface area (Å²) < 4.78 is 42.1. The number of amides is 1. The maximum absolute atomic E-state index is 12.4. The van der Waals surface area contributed by atoms with Crippen molar-refractivity contribution in [3.05, 3.63) is 29.8 Å². The predicted octanol–water partition coefficient (Wildman–Crippen LogP) is 1.94. The largest absolute Gasteiger partial charge is 0.497 e. The molecule has 3 N–H and O–H groups in total. The highest BCUT2D eigenvalue weighted by atomic mass is 19.4. The van der Waals surface area contributed by atoms with Crippen molar-refractivity contribution in [1.29, 1.82) is 0 Å². The van der Waals surface area contributed by atoms with E-state index in [4.69, 9.17) is 10.5 Å². The monoisotopic (exact) mass is 290 g/mol. The van der Waals surface area contributed by atoms with Gasteiger partial charge in [-0.05, 0) is 24.1 Å². The molecule has 0 radical (unpaired) electrons. The van der Waals surface area contributed by atoms with Gasteiger partial charge in [0, 0.05) is 0 Å². The highest BCUT2D eigenvalue weighted by Crippen LogP contribution is 2.28. The van der Waals surface area contributed by atoms with Gasteiger partial charge in [-0.1, -0.05) is 19.1 Å². The Morgan fingerprint density at radius 2 is 1.85 bits per heavy atom. The molecule has 1 atom stereocenters. The molecule has 0 aliphatic heterocycles. The number of primary amides is 1. The van der Waals surface area contributed by atoms with E-state index in [0.29, 0.717) is 11.3 Å². The molecule has 0 heterocycles. The van der Waals surface area contributed by atoms with Crippen molar-refractivity contribution in [1.82, 2.24) is 5.32 Å². The summed E-state index contributed by atoms with van der Waals surface area (Å²) in [7, 11) is 1.47. The number of carbonyl (C=O) groups excluding carboxylic acids is 1. The molecule has 0 saturated heterocycles. The SMILES string of the molecule is CCC(NCC(F)(F)F)(C(N)=O)c1ccc(OC)cc1. The average Bonchev–Trinajstić information content (AvgIpc) is 2.39. The van der Waals surface area contributed by atoms with Crippen LogP contribution >= 0.6 is 0 Å². The van der Waals surface area contributed by atoms with Crippen LogP contribution in [-0.4, -0.2) is 25.7 Å². The van der Waals surface area contributed by atoms with Crippen LogP contribution in [0.2, 0.25) is 0 Å². The Balaban J connectivity index is 3.12. The van der Waals surface area contributed by atoms with Gasteiger partial charge in [0.05, 0.1) is 13.7 Å². The summed E-state index contributed by atoms with van der Waals surface area (Å²) in [6.07, 6.45) is -4.33. The van der Waals surface area contributed by atoms with Gasteiger partial charge in [-0.2, -0.15) is 13.2 Å². The highest BCUT2D eigenvalue weighted by Gasteiger charge is 2.40. The molecule has 20 heavy (non-hydrogen) atoms. The number of nitrogens with two attached hydrogens (primary N) is 1. The first-order chi connectivity index (χ1) is 9.25. The van der Waals surface area contributed by atoms with Crippen LogP contribution in [0.1, 0.15) is 18.9 Å². The van der Waals surface area contributed by atoms with Crippen LogP contribution < -0.4 is 15.8 Å². The molecular weight excluding hydrogens is 273 g/mol. The van der Waals surface area contributed by atoms with Gasteiger partial charge in [-0.25, -0.2) is 0 Å². The van der Waals surface area contributed by atoms with E-state index in [1.807, 2.05) is 0 Å². The standard InChI is InChI=1S/C13H17F3N2O2/c1-3-12(11(17)19,18-8-13(14,15)16)9-4-6-10(20-2)7-5-9/h4-7,18H,3,8H2,1-2H3,(H2,17,19). The minimum atomic E-state index is -4.43. The van der Waals surface area contributed by atoms with E-state index in [0.717, 1.165) is 0 Å². The van der Waals surface area contributed by atoms with Crippen LogP contribution in [-0.2, 0) is 10.3 Å². The summed E-state index contributed by atoms with van der Waals surface area (Å²) in [6, 6.07) is 6.18. The van der Waals surface area contributed by atoms with Gasteiger partial charge >= 0.3 is 6.18 Å². The third kappa shape index (κ3) is 3.63. The zero-order valence-corrected chi connectivity index (χ0v) is 11.3. The van der Waals surface area contributed by atoms with Crippen LogP contribution in [0.4, 0.5) is 13.2 Å². The molecular formula is C13H17F3N2O2. The lowest BCUT2D eigenvalue weighted by molar-refractivity contribution is -0.136. The van der Waals surface area contributed by atoms with Crippen molar-refractivity contribution in [3.63, 3.8) is 0 Å². The Hall–Kier alpha value is -1.76. The van der Waals surface area contributed by atoms with Crippen LogP contribution in [0.15, 0.2) is 24.3 Å². The average molecular weight is 290 g/mol. The summed E-state index contributed by atoms with van der Waals surface area (Å²) in [4.78, 5) is 11.7. The molecule has 7 heteroatoms. The van der Waals surface area contributed by atoms with Crippen molar-refractivity contribution in [2.75, 3.05) is 13.7 Å². The molecule has 0 spiro atoms. The van der Waals surface area contributed by atoms with Crippen LogP contribution in [0, 0.1) is 0 Å². The van der Waals surface area contributed by atoms with E-state index < -0.39 is 24.2 Å². The minimum absolute atomic E-state index is 0.102. The molecule has 0 saturated carbocycles. The number of benzene rings is 1. The Bertz CT molecular complexity index is 460. The molecule has 0 fully saturated rings. The molecule has 0 aromatic heterocycles. The number of carbonyl (C=O) groups is 1. The maximum atomic E-state index is 12.4. The Labute approximate surface area is 115 Å². The second-order valence-corrected chi connectivity index (χ2v) is 4.32. The molecule has 1 rings (SSSR count). The van der Waals surface area contributed by atoms with Crippen LogP contribution in [0.5, 0.6) is 5.75 Å². The zero-order chi connectivity index (χ0) is 15.4. The number of hydrogen-bond donors (Lipinski definition) is 2. The van der Waals surface area contributed by atoms with Gasteiger partial charge in [0.25, 0.3) is 0 Å². The first kappa shape index (κ1) is 16.3. The first-order valence-electron chi connectivity index (χ1n) is 6.01. The molecule has 1 aromatic rings. The van der Waals surface area contributed by atoms with Crippen LogP contribution in [0.3, 0.4) is 0 Å². The second kappa shape index (κ2) is 6.13. The van der Waals surface area contributed by atoms with Crippen molar-refractivity contribution < 1.29 is 22.7 Å². The lowest BCUT2D eigenvalue weighted by Gasteiger charge is -2.31. The van der Waals surface area contributed by atoms with E-state index in [9.17, 15) is 18.0 Å². The minimum Gasteiger partial charge on any atom is -0.497 e. The normalized spacial score (nSPS) is 14.7. The maximum Gasteiger partial charge on any atom is 0.401 e. The molecule has 0 bridgehead atoms. The van der Waals surface area contributed by atoms with Crippen molar-refractivity contribution in [2.45, 2.75) is 25.1 Å². The topological polar surface area (TPSA) is 64.3 Å². The lowest BCUT2D eigenvalue weighted by Crippen LogP contribution is -2.54. The fraction of sp³-hybridized carbons (Fsp3) is 0.462. The van der Waals surface area contributed by atoms with Crippen LogP contribution in [0.25, 0.3) is 0 Å². The summed E-state index contributed by atoms with van der Waals surface area (Å²) in [6.45, 7) is 0.300. The van der Waals surface area contributed by atoms with Gasteiger partial charge in [0.1, 0.15) is 11.3 Å². The Morgan fingerprint density at radius 1 is 1.30 bits per heavy atom. The highest BCUT2D eigenvalue weighted by molar-refractivity contribution is 5.86. The van der Waals surface area contributed by atoms with Crippen molar-refractivity contribution in [2.24, 2.45) is 5.73 Å². The molecule has 0 aliphatic rings. The van der Waals surface area contributed by atoms with E-state index in [-0.39, 0.29) is 6.42 Å². The van der Waals surface area contributed by atoms with Gasteiger partial charge < -0.3 is 10.5 Å². The Morgan fingerprint density at radius 3 is 2.20 bits per heavy atom. The molecule has 0 aliphatic carbocycles. The van der Waals surface area contributed by atoms with Gasteiger partial charge in [0.15, 0.2) is 0 Å². The fourth-order valence-electron chi connectivity index (χ4n) is 1.96. The Kier molecular flexibility index (Phi) is 4.99. The summed E-state index contributed by atoms with van der Waals surface area (Å²) in [5.41, 5.74) is 4.13. The molecule has 4 nitrogen and oxygen atoms in total.